The highest BCUT2D eigenvalue weighted by Gasteiger charge is 2.15. The van der Waals surface area contributed by atoms with E-state index in [4.69, 9.17) is 10.2 Å². The van der Waals surface area contributed by atoms with Crippen molar-refractivity contribution in [2.45, 2.75) is 27.7 Å². The van der Waals surface area contributed by atoms with Crippen molar-refractivity contribution in [2.75, 3.05) is 23.3 Å². The molecule has 0 unspecified atom stereocenters. The SMILES string of the molecule is CCN(CC)c1ccc(-n2nc3cc(C)c(NC(=O)c4cccc5c(Br)cccc45)cc3n2)c(C)c1. The zero-order chi connectivity index (χ0) is 25.4. The summed E-state index contributed by atoms with van der Waals surface area (Å²) in [4.78, 5) is 17.3. The van der Waals surface area contributed by atoms with Crippen molar-refractivity contribution in [3.05, 3.63) is 87.9 Å². The predicted molar refractivity (Wildman–Crippen MR) is 152 cm³/mol. The van der Waals surface area contributed by atoms with Crippen LogP contribution in [0.1, 0.15) is 35.3 Å². The number of anilines is 2. The van der Waals surface area contributed by atoms with Gasteiger partial charge in [-0.1, -0.05) is 40.2 Å². The molecule has 0 aliphatic rings. The number of hydrogen-bond acceptors (Lipinski definition) is 4. The number of nitrogens with zero attached hydrogens (tertiary/aromatic N) is 4. The second kappa shape index (κ2) is 9.74. The number of carbonyl (C=O) groups is 1. The number of rotatable bonds is 6. The first-order valence-corrected chi connectivity index (χ1v) is 12.9. The van der Waals surface area contributed by atoms with E-state index in [-0.39, 0.29) is 5.91 Å². The Morgan fingerprint density at radius 2 is 1.58 bits per heavy atom. The van der Waals surface area contributed by atoms with Gasteiger partial charge >= 0.3 is 0 Å². The molecule has 182 valence electrons. The van der Waals surface area contributed by atoms with Gasteiger partial charge in [-0.05, 0) is 92.1 Å². The first-order chi connectivity index (χ1) is 17.4. The fraction of sp³-hybridized carbons (Fsp3) is 0.207. The van der Waals surface area contributed by atoms with Crippen LogP contribution in [0, 0.1) is 13.8 Å². The third kappa shape index (κ3) is 4.35. The van der Waals surface area contributed by atoms with Gasteiger partial charge in [0, 0.05) is 34.5 Å². The summed E-state index contributed by atoms with van der Waals surface area (Å²) in [6.07, 6.45) is 0. The van der Waals surface area contributed by atoms with Crippen molar-refractivity contribution in [1.29, 1.82) is 0 Å². The summed E-state index contributed by atoms with van der Waals surface area (Å²) in [5.41, 5.74) is 7.02. The maximum Gasteiger partial charge on any atom is 0.256 e. The minimum absolute atomic E-state index is 0.156. The number of hydrogen-bond donors (Lipinski definition) is 1. The summed E-state index contributed by atoms with van der Waals surface area (Å²) in [5, 5.41) is 14.4. The number of halogens is 1. The van der Waals surface area contributed by atoms with Gasteiger partial charge in [-0.25, -0.2) is 0 Å². The topological polar surface area (TPSA) is 63.1 Å². The molecule has 1 heterocycles. The molecule has 36 heavy (non-hydrogen) atoms. The summed E-state index contributed by atoms with van der Waals surface area (Å²) < 4.78 is 0.962. The van der Waals surface area contributed by atoms with Crippen molar-refractivity contribution in [3.8, 4) is 5.69 Å². The molecule has 0 radical (unpaired) electrons. The lowest BCUT2D eigenvalue weighted by atomic mass is 10.0. The van der Waals surface area contributed by atoms with Crippen LogP contribution in [0.4, 0.5) is 11.4 Å². The van der Waals surface area contributed by atoms with Gasteiger partial charge in [-0.3, -0.25) is 4.79 Å². The number of aromatic nitrogens is 3. The molecule has 0 aliphatic heterocycles. The maximum absolute atomic E-state index is 13.3. The monoisotopic (exact) mass is 541 g/mol. The lowest BCUT2D eigenvalue weighted by Gasteiger charge is -2.22. The normalized spacial score (nSPS) is 11.2. The minimum atomic E-state index is -0.156. The Bertz CT molecular complexity index is 1600. The van der Waals surface area contributed by atoms with E-state index >= 15 is 0 Å². The van der Waals surface area contributed by atoms with Crippen LogP contribution in [-0.2, 0) is 0 Å². The van der Waals surface area contributed by atoms with Crippen LogP contribution in [0.3, 0.4) is 0 Å². The van der Waals surface area contributed by atoms with E-state index in [1.54, 1.807) is 4.80 Å². The molecule has 0 aliphatic carbocycles. The summed E-state index contributed by atoms with van der Waals surface area (Å²) >= 11 is 3.58. The van der Waals surface area contributed by atoms with Crippen LogP contribution in [0.5, 0.6) is 0 Å². The Morgan fingerprint density at radius 1 is 0.889 bits per heavy atom. The second-order valence-electron chi connectivity index (χ2n) is 8.88. The second-order valence-corrected chi connectivity index (χ2v) is 9.74. The average Bonchev–Trinajstić information content (AvgIpc) is 3.27. The van der Waals surface area contributed by atoms with Crippen molar-refractivity contribution in [1.82, 2.24) is 15.0 Å². The lowest BCUT2D eigenvalue weighted by Crippen LogP contribution is -2.21. The highest BCUT2D eigenvalue weighted by molar-refractivity contribution is 9.10. The largest absolute Gasteiger partial charge is 0.372 e. The molecule has 0 fully saturated rings. The number of fused-ring (bicyclic) bond motifs is 2. The molecular weight excluding hydrogens is 514 g/mol. The van der Waals surface area contributed by atoms with Gasteiger partial charge in [0.25, 0.3) is 5.91 Å². The predicted octanol–water partition coefficient (Wildman–Crippen LogP) is 7.05. The van der Waals surface area contributed by atoms with Crippen LogP contribution >= 0.6 is 15.9 Å². The first-order valence-electron chi connectivity index (χ1n) is 12.1. The molecule has 7 heteroatoms. The molecule has 1 amide bonds. The molecule has 1 aromatic heterocycles. The number of carbonyl (C=O) groups excluding carboxylic acids is 1. The van der Waals surface area contributed by atoms with Crippen molar-refractivity contribution in [3.63, 3.8) is 0 Å². The molecule has 5 aromatic rings. The lowest BCUT2D eigenvalue weighted by molar-refractivity contribution is 0.102. The molecule has 4 aromatic carbocycles. The van der Waals surface area contributed by atoms with E-state index in [9.17, 15) is 4.79 Å². The average molecular weight is 542 g/mol. The molecule has 0 bridgehead atoms. The first kappa shape index (κ1) is 24.0. The van der Waals surface area contributed by atoms with Crippen LogP contribution in [0.15, 0.2) is 71.2 Å². The molecule has 1 N–H and O–H groups in total. The van der Waals surface area contributed by atoms with Crippen LogP contribution in [0.2, 0.25) is 0 Å². The van der Waals surface area contributed by atoms with Crippen LogP contribution in [-0.4, -0.2) is 34.0 Å². The van der Waals surface area contributed by atoms with E-state index < -0.39 is 0 Å². The Morgan fingerprint density at radius 3 is 2.31 bits per heavy atom. The zero-order valence-corrected chi connectivity index (χ0v) is 22.4. The van der Waals surface area contributed by atoms with Gasteiger partial charge < -0.3 is 10.2 Å². The van der Waals surface area contributed by atoms with Crippen molar-refractivity contribution < 1.29 is 4.79 Å². The van der Waals surface area contributed by atoms with Gasteiger partial charge in [0.1, 0.15) is 11.0 Å². The van der Waals surface area contributed by atoms with E-state index in [2.05, 4.69) is 65.1 Å². The number of nitrogens with one attached hydrogen (secondary N) is 1. The Hall–Kier alpha value is -3.71. The standard InChI is InChI=1S/C29H28BrN5O/c1-5-34(6-2)20-13-14-28(19(4)15-20)35-32-26-16-18(3)25(17-27(26)33-35)31-29(36)23-11-7-10-22-21(23)9-8-12-24(22)30/h7-17H,5-6H2,1-4H3,(H,31,36). The van der Waals surface area contributed by atoms with E-state index in [1.165, 1.54) is 5.69 Å². The van der Waals surface area contributed by atoms with Gasteiger partial charge in [0.15, 0.2) is 0 Å². The molecule has 0 saturated heterocycles. The van der Waals surface area contributed by atoms with Gasteiger partial charge in [-0.2, -0.15) is 4.80 Å². The molecular formula is C29H28BrN5O. The van der Waals surface area contributed by atoms with Crippen LogP contribution < -0.4 is 10.2 Å². The Labute approximate surface area is 219 Å². The van der Waals surface area contributed by atoms with E-state index in [0.717, 1.165) is 61.9 Å². The Kier molecular flexibility index (Phi) is 6.49. The number of benzene rings is 4. The minimum Gasteiger partial charge on any atom is -0.372 e. The fourth-order valence-corrected chi connectivity index (χ4v) is 5.12. The summed E-state index contributed by atoms with van der Waals surface area (Å²) in [6.45, 7) is 10.3. The van der Waals surface area contributed by atoms with Crippen LogP contribution in [0.25, 0.3) is 27.5 Å². The third-order valence-electron chi connectivity index (χ3n) is 6.61. The van der Waals surface area contributed by atoms with E-state index in [1.807, 2.05) is 55.5 Å². The molecule has 0 saturated carbocycles. The number of aryl methyl sites for hydroxylation is 2. The molecule has 0 spiro atoms. The molecule has 5 rings (SSSR count). The van der Waals surface area contributed by atoms with Gasteiger partial charge in [0.2, 0.25) is 0 Å². The maximum atomic E-state index is 13.3. The Balaban J connectivity index is 1.47. The van der Waals surface area contributed by atoms with Gasteiger partial charge in [-0.15, -0.1) is 10.2 Å². The summed E-state index contributed by atoms with van der Waals surface area (Å²) in [5.74, 6) is -0.156. The van der Waals surface area contributed by atoms with Gasteiger partial charge in [0.05, 0.1) is 5.69 Å². The number of amides is 1. The summed E-state index contributed by atoms with van der Waals surface area (Å²) in [7, 11) is 0. The smallest absolute Gasteiger partial charge is 0.256 e. The van der Waals surface area contributed by atoms with Crippen molar-refractivity contribution in [2.24, 2.45) is 0 Å². The molecule has 0 atom stereocenters. The quantitative estimate of drug-likeness (QED) is 0.250. The van der Waals surface area contributed by atoms with E-state index in [0.29, 0.717) is 5.56 Å². The highest BCUT2D eigenvalue weighted by atomic mass is 79.9. The molecule has 6 nitrogen and oxygen atoms in total. The summed E-state index contributed by atoms with van der Waals surface area (Å²) in [6, 6.07) is 21.8. The third-order valence-corrected chi connectivity index (χ3v) is 7.30. The highest BCUT2D eigenvalue weighted by Crippen LogP contribution is 2.29. The zero-order valence-electron chi connectivity index (χ0n) is 20.8. The van der Waals surface area contributed by atoms with Crippen molar-refractivity contribution >= 4 is 55.0 Å². The fourth-order valence-electron chi connectivity index (χ4n) is 4.62.